The number of benzene rings is 2. The molecule has 0 aliphatic heterocycles. The maximum atomic E-state index is 12.6. The molecule has 0 aliphatic carbocycles. The minimum Gasteiger partial charge on any atom is -0.477 e. The molecule has 0 aliphatic rings. The van der Waals surface area contributed by atoms with E-state index in [4.69, 9.17) is 30.8 Å². The highest BCUT2D eigenvalue weighted by Crippen LogP contribution is 2.34. The SMILES string of the molecule is COCCN(CCOC)c1nc(-c2ccc(C(=O)O)nc2)c(Cl)nc1-c1ccc(C(=O)OCc2ccccc2)cc1. The molecule has 1 N–H and O–H groups in total. The number of hydrogen-bond donors (Lipinski definition) is 1. The largest absolute Gasteiger partial charge is 0.477 e. The van der Waals surface area contributed by atoms with Crippen LogP contribution in [0.3, 0.4) is 0 Å². The Hall–Kier alpha value is -4.38. The summed E-state index contributed by atoms with van der Waals surface area (Å²) in [7, 11) is 3.22. The zero-order valence-electron chi connectivity index (χ0n) is 22.6. The van der Waals surface area contributed by atoms with Gasteiger partial charge in [-0.25, -0.2) is 24.5 Å². The molecule has 0 amide bonds. The number of pyridine rings is 1. The third-order valence-electron chi connectivity index (χ3n) is 6.13. The quantitative estimate of drug-likeness (QED) is 0.217. The Morgan fingerprint density at radius 2 is 1.51 bits per heavy atom. The lowest BCUT2D eigenvalue weighted by Gasteiger charge is -2.26. The lowest BCUT2D eigenvalue weighted by molar-refractivity contribution is 0.0472. The Labute approximate surface area is 242 Å². The monoisotopic (exact) mass is 576 g/mol. The Kier molecular flexibility index (Phi) is 10.3. The normalized spacial score (nSPS) is 10.8. The van der Waals surface area contributed by atoms with E-state index in [1.54, 1.807) is 44.6 Å². The molecule has 0 spiro atoms. The molecule has 0 atom stereocenters. The van der Waals surface area contributed by atoms with E-state index < -0.39 is 11.9 Å². The van der Waals surface area contributed by atoms with E-state index in [0.29, 0.717) is 60.2 Å². The van der Waals surface area contributed by atoms with Crippen LogP contribution in [0.4, 0.5) is 5.82 Å². The smallest absolute Gasteiger partial charge is 0.354 e. The zero-order chi connectivity index (χ0) is 29.2. The number of hydrogen-bond acceptors (Lipinski definition) is 9. The number of carbonyl (C=O) groups is 2. The Balaban J connectivity index is 1.69. The Morgan fingerprint density at radius 3 is 2.10 bits per heavy atom. The van der Waals surface area contributed by atoms with Crippen molar-refractivity contribution in [2.24, 2.45) is 0 Å². The van der Waals surface area contributed by atoms with Crippen molar-refractivity contribution in [3.8, 4) is 22.5 Å². The van der Waals surface area contributed by atoms with Gasteiger partial charge in [0.25, 0.3) is 0 Å². The summed E-state index contributed by atoms with van der Waals surface area (Å²) in [4.78, 5) is 39.4. The second kappa shape index (κ2) is 14.3. The molecular formula is C30H29ClN4O6. The molecule has 0 fully saturated rings. The van der Waals surface area contributed by atoms with Gasteiger partial charge in [-0.2, -0.15) is 0 Å². The van der Waals surface area contributed by atoms with Gasteiger partial charge in [0.15, 0.2) is 11.0 Å². The van der Waals surface area contributed by atoms with Crippen molar-refractivity contribution in [2.75, 3.05) is 45.4 Å². The predicted octanol–water partition coefficient (Wildman–Crippen LogP) is 5.01. The molecule has 0 saturated heterocycles. The van der Waals surface area contributed by atoms with Crippen molar-refractivity contribution < 1.29 is 28.9 Å². The summed E-state index contributed by atoms with van der Waals surface area (Å²) in [5, 5.41) is 9.31. The lowest BCUT2D eigenvalue weighted by atomic mass is 10.1. The number of halogens is 1. The van der Waals surface area contributed by atoms with Crippen molar-refractivity contribution in [3.63, 3.8) is 0 Å². The fourth-order valence-corrected chi connectivity index (χ4v) is 4.20. The van der Waals surface area contributed by atoms with E-state index in [-0.39, 0.29) is 17.5 Å². The zero-order valence-corrected chi connectivity index (χ0v) is 23.4. The number of rotatable bonds is 13. The first-order valence-electron chi connectivity index (χ1n) is 12.7. The highest BCUT2D eigenvalue weighted by atomic mass is 35.5. The summed E-state index contributed by atoms with van der Waals surface area (Å²) in [5.74, 6) is -1.07. The van der Waals surface area contributed by atoms with Crippen LogP contribution in [0.25, 0.3) is 22.5 Å². The van der Waals surface area contributed by atoms with Crippen molar-refractivity contribution >= 4 is 29.4 Å². The molecule has 10 nitrogen and oxygen atoms in total. The fraction of sp³-hybridized carbons (Fsp3) is 0.233. The summed E-state index contributed by atoms with van der Waals surface area (Å²) >= 11 is 6.62. The number of carbonyl (C=O) groups excluding carboxylic acids is 1. The maximum absolute atomic E-state index is 12.6. The molecule has 41 heavy (non-hydrogen) atoms. The van der Waals surface area contributed by atoms with Gasteiger partial charge in [-0.3, -0.25) is 0 Å². The molecule has 2 aromatic carbocycles. The first-order valence-corrected chi connectivity index (χ1v) is 13.1. The lowest BCUT2D eigenvalue weighted by Crippen LogP contribution is -2.32. The summed E-state index contributed by atoms with van der Waals surface area (Å²) in [6.07, 6.45) is 1.40. The summed E-state index contributed by atoms with van der Waals surface area (Å²) < 4.78 is 16.1. The van der Waals surface area contributed by atoms with Crippen LogP contribution in [0.1, 0.15) is 26.4 Å². The molecule has 2 aromatic heterocycles. The van der Waals surface area contributed by atoms with Crippen LogP contribution in [-0.2, 0) is 20.8 Å². The fourth-order valence-electron chi connectivity index (χ4n) is 3.96. The number of anilines is 1. The van der Waals surface area contributed by atoms with Crippen LogP contribution >= 0.6 is 11.6 Å². The highest BCUT2D eigenvalue weighted by molar-refractivity contribution is 6.32. The topological polar surface area (TPSA) is 124 Å². The van der Waals surface area contributed by atoms with Gasteiger partial charge < -0.3 is 24.2 Å². The minimum absolute atomic E-state index is 0.0983. The number of carboxylic acids is 1. The average Bonchev–Trinajstić information content (AvgIpc) is 3.00. The first-order chi connectivity index (χ1) is 19.9. The Morgan fingerprint density at radius 1 is 0.854 bits per heavy atom. The van der Waals surface area contributed by atoms with Gasteiger partial charge in [-0.1, -0.05) is 54.1 Å². The van der Waals surface area contributed by atoms with Gasteiger partial charge in [0, 0.05) is 44.6 Å². The molecule has 0 radical (unpaired) electrons. The standard InChI is InChI=1S/C30H29ClN4O6/c1-39-16-14-35(15-17-40-2)28-26(33-27(31)25(34-28)23-12-13-24(29(36)37)32-18-23)21-8-10-22(11-9-21)30(38)41-19-20-6-4-3-5-7-20/h3-13,18H,14-17,19H2,1-2H3,(H,36,37). The van der Waals surface area contributed by atoms with Crippen LogP contribution in [0.2, 0.25) is 5.15 Å². The average molecular weight is 577 g/mol. The van der Waals surface area contributed by atoms with Gasteiger partial charge in [0.1, 0.15) is 23.7 Å². The molecule has 11 heteroatoms. The number of ether oxygens (including phenoxy) is 3. The number of methoxy groups -OCH3 is 2. The summed E-state index contributed by atoms with van der Waals surface area (Å²) in [5.41, 5.74) is 3.21. The molecule has 4 aromatic rings. The van der Waals surface area contributed by atoms with Crippen LogP contribution in [0.15, 0.2) is 72.9 Å². The van der Waals surface area contributed by atoms with Crippen LogP contribution in [-0.4, -0.2) is 72.5 Å². The predicted molar refractivity (Wildman–Crippen MR) is 154 cm³/mol. The van der Waals surface area contributed by atoms with Gasteiger partial charge >= 0.3 is 11.9 Å². The van der Waals surface area contributed by atoms with Gasteiger partial charge in [0.05, 0.1) is 18.8 Å². The second-order valence-corrected chi connectivity index (χ2v) is 9.24. The minimum atomic E-state index is -1.14. The van der Waals surface area contributed by atoms with E-state index in [1.165, 1.54) is 12.3 Å². The van der Waals surface area contributed by atoms with Gasteiger partial charge in [-0.05, 0) is 29.8 Å². The molecule has 0 unspecified atom stereocenters. The molecule has 0 saturated carbocycles. The van der Waals surface area contributed by atoms with Crippen molar-refractivity contribution in [1.82, 2.24) is 15.0 Å². The van der Waals surface area contributed by atoms with Gasteiger partial charge in [-0.15, -0.1) is 0 Å². The number of esters is 1. The molecular weight excluding hydrogens is 548 g/mol. The second-order valence-electron chi connectivity index (χ2n) is 8.88. The molecule has 0 bridgehead atoms. The Bertz CT molecular complexity index is 1460. The van der Waals surface area contributed by atoms with Crippen molar-refractivity contribution in [2.45, 2.75) is 6.61 Å². The van der Waals surface area contributed by atoms with Crippen molar-refractivity contribution in [1.29, 1.82) is 0 Å². The molecule has 2 heterocycles. The number of nitrogens with zero attached hydrogens (tertiary/aromatic N) is 4. The van der Waals surface area contributed by atoms with Crippen molar-refractivity contribution in [3.05, 3.63) is 94.9 Å². The van der Waals surface area contributed by atoms with E-state index in [1.807, 2.05) is 35.2 Å². The van der Waals surface area contributed by atoms with E-state index >= 15 is 0 Å². The third kappa shape index (κ3) is 7.63. The molecule has 4 rings (SSSR count). The third-order valence-corrected chi connectivity index (χ3v) is 6.39. The number of aromatic nitrogens is 3. The van der Waals surface area contributed by atoms with E-state index in [2.05, 4.69) is 9.97 Å². The van der Waals surface area contributed by atoms with E-state index in [9.17, 15) is 14.7 Å². The van der Waals surface area contributed by atoms with Crippen LogP contribution in [0.5, 0.6) is 0 Å². The van der Waals surface area contributed by atoms with Crippen LogP contribution in [0, 0.1) is 0 Å². The number of aromatic carboxylic acids is 1. The number of carboxylic acid groups (broad SMARTS) is 1. The van der Waals surface area contributed by atoms with Gasteiger partial charge in [0.2, 0.25) is 0 Å². The summed E-state index contributed by atoms with van der Waals surface area (Å²) in [6, 6.07) is 19.3. The van der Waals surface area contributed by atoms with Crippen LogP contribution < -0.4 is 4.90 Å². The highest BCUT2D eigenvalue weighted by Gasteiger charge is 2.21. The first kappa shape index (κ1) is 29.6. The maximum Gasteiger partial charge on any atom is 0.354 e. The van der Waals surface area contributed by atoms with E-state index in [0.717, 1.165) is 5.56 Å². The molecule has 212 valence electrons. The summed E-state index contributed by atoms with van der Waals surface area (Å²) in [6.45, 7) is 1.99.